The highest BCUT2D eigenvalue weighted by atomic mass is 16.5. The number of hydrogen-bond acceptors (Lipinski definition) is 3. The second-order valence-corrected chi connectivity index (χ2v) is 5.18. The molecule has 0 atom stereocenters. The lowest BCUT2D eigenvalue weighted by Gasteiger charge is -2.33. The molecule has 0 saturated heterocycles. The molecule has 1 aromatic carbocycles. The van der Waals surface area contributed by atoms with Crippen molar-refractivity contribution >= 4 is 5.97 Å². The van der Waals surface area contributed by atoms with Gasteiger partial charge in [-0.15, -0.1) is 0 Å². The Morgan fingerprint density at radius 1 is 1.41 bits per heavy atom. The zero-order valence-corrected chi connectivity index (χ0v) is 10.8. The van der Waals surface area contributed by atoms with Crippen LogP contribution in [0, 0.1) is 6.92 Å². The van der Waals surface area contributed by atoms with Crippen LogP contribution in [0.15, 0.2) is 12.1 Å². The van der Waals surface area contributed by atoms with E-state index < -0.39 is 0 Å². The van der Waals surface area contributed by atoms with Crippen molar-refractivity contribution in [3.05, 3.63) is 23.3 Å². The number of aryl methyl sites for hydroxylation is 2. The zero-order chi connectivity index (χ0) is 12.6. The van der Waals surface area contributed by atoms with Crippen LogP contribution >= 0.6 is 0 Å². The van der Waals surface area contributed by atoms with Gasteiger partial charge < -0.3 is 9.47 Å². The molecule has 3 nitrogen and oxygen atoms in total. The monoisotopic (exact) mass is 234 g/mol. The maximum absolute atomic E-state index is 10.9. The summed E-state index contributed by atoms with van der Waals surface area (Å²) in [5, 5.41) is 0. The van der Waals surface area contributed by atoms with Crippen molar-refractivity contribution in [1.29, 1.82) is 0 Å². The van der Waals surface area contributed by atoms with Crippen LogP contribution in [0.3, 0.4) is 0 Å². The summed E-state index contributed by atoms with van der Waals surface area (Å²) in [6, 6.07) is 3.75. The first-order chi connectivity index (χ1) is 7.87. The Labute approximate surface area is 102 Å². The van der Waals surface area contributed by atoms with Crippen LogP contribution in [0.25, 0.3) is 0 Å². The molecule has 0 unspecified atom stereocenters. The van der Waals surface area contributed by atoms with E-state index in [1.165, 1.54) is 6.92 Å². The predicted molar refractivity (Wildman–Crippen MR) is 65.5 cm³/mol. The molecule has 17 heavy (non-hydrogen) atoms. The molecule has 0 bridgehead atoms. The van der Waals surface area contributed by atoms with Crippen molar-refractivity contribution in [3.63, 3.8) is 0 Å². The number of hydrogen-bond donors (Lipinski definition) is 0. The van der Waals surface area contributed by atoms with Crippen LogP contribution in [0.5, 0.6) is 11.5 Å². The highest BCUT2D eigenvalue weighted by Gasteiger charge is 2.28. The summed E-state index contributed by atoms with van der Waals surface area (Å²) in [6.45, 7) is 7.58. The van der Waals surface area contributed by atoms with Crippen LogP contribution in [0.4, 0.5) is 0 Å². The molecule has 0 N–H and O–H groups in total. The number of ether oxygens (including phenoxy) is 2. The van der Waals surface area contributed by atoms with Gasteiger partial charge in [0.25, 0.3) is 0 Å². The highest BCUT2D eigenvalue weighted by molar-refractivity contribution is 5.69. The summed E-state index contributed by atoms with van der Waals surface area (Å²) in [5.74, 6) is 1.26. The standard InChI is InChI=1S/C14H18O3/c1-9-7-12(16-10(2)15)8-11-5-6-14(3,4)17-13(9)11/h7-8H,5-6H2,1-4H3. The average Bonchev–Trinajstić information content (AvgIpc) is 2.18. The van der Waals surface area contributed by atoms with E-state index >= 15 is 0 Å². The lowest BCUT2D eigenvalue weighted by molar-refractivity contribution is -0.131. The Morgan fingerprint density at radius 2 is 2.12 bits per heavy atom. The van der Waals surface area contributed by atoms with Crippen molar-refractivity contribution in [2.24, 2.45) is 0 Å². The second-order valence-electron chi connectivity index (χ2n) is 5.18. The Morgan fingerprint density at radius 3 is 2.76 bits per heavy atom. The quantitative estimate of drug-likeness (QED) is 0.553. The van der Waals surface area contributed by atoms with Gasteiger partial charge in [-0.05, 0) is 56.9 Å². The van der Waals surface area contributed by atoms with Gasteiger partial charge in [-0.3, -0.25) is 4.79 Å². The largest absolute Gasteiger partial charge is 0.487 e. The third kappa shape index (κ3) is 2.60. The molecule has 1 aliphatic rings. The minimum atomic E-state index is -0.290. The average molecular weight is 234 g/mol. The number of esters is 1. The summed E-state index contributed by atoms with van der Waals surface area (Å²) in [5.41, 5.74) is 2.04. The summed E-state index contributed by atoms with van der Waals surface area (Å²) in [6.07, 6.45) is 1.93. The first-order valence-corrected chi connectivity index (χ1v) is 5.88. The number of carbonyl (C=O) groups is 1. The molecule has 2 rings (SSSR count). The fourth-order valence-corrected chi connectivity index (χ4v) is 2.13. The van der Waals surface area contributed by atoms with Gasteiger partial charge in [-0.25, -0.2) is 0 Å². The normalized spacial score (nSPS) is 16.9. The Hall–Kier alpha value is -1.51. The fourth-order valence-electron chi connectivity index (χ4n) is 2.13. The molecule has 0 radical (unpaired) electrons. The molecule has 92 valence electrons. The minimum Gasteiger partial charge on any atom is -0.487 e. The van der Waals surface area contributed by atoms with Crippen LogP contribution in [0.1, 0.15) is 38.3 Å². The summed E-state index contributed by atoms with van der Waals surface area (Å²) in [7, 11) is 0. The van der Waals surface area contributed by atoms with Gasteiger partial charge in [0.2, 0.25) is 0 Å². The van der Waals surface area contributed by atoms with Crippen LogP contribution < -0.4 is 9.47 Å². The van der Waals surface area contributed by atoms with Crippen molar-refractivity contribution in [2.45, 2.75) is 46.1 Å². The topological polar surface area (TPSA) is 35.5 Å². The Bertz CT molecular complexity index is 461. The molecule has 0 amide bonds. The van der Waals surface area contributed by atoms with Crippen molar-refractivity contribution in [2.75, 3.05) is 0 Å². The first-order valence-electron chi connectivity index (χ1n) is 5.88. The maximum atomic E-state index is 10.9. The molecular formula is C14H18O3. The van der Waals surface area contributed by atoms with Gasteiger partial charge in [0.15, 0.2) is 0 Å². The van der Waals surface area contributed by atoms with E-state index in [2.05, 4.69) is 13.8 Å². The third-order valence-electron chi connectivity index (χ3n) is 2.96. The number of benzene rings is 1. The first kappa shape index (κ1) is 12.0. The van der Waals surface area contributed by atoms with Gasteiger partial charge in [0.1, 0.15) is 17.1 Å². The van der Waals surface area contributed by atoms with Gasteiger partial charge in [0, 0.05) is 6.92 Å². The Balaban J connectivity index is 2.36. The maximum Gasteiger partial charge on any atom is 0.308 e. The van der Waals surface area contributed by atoms with E-state index in [0.717, 1.165) is 29.7 Å². The second kappa shape index (κ2) is 4.06. The smallest absolute Gasteiger partial charge is 0.308 e. The molecular weight excluding hydrogens is 216 g/mol. The number of rotatable bonds is 1. The van der Waals surface area contributed by atoms with Crippen molar-refractivity contribution < 1.29 is 14.3 Å². The van der Waals surface area contributed by atoms with Crippen LogP contribution in [-0.2, 0) is 11.2 Å². The summed E-state index contributed by atoms with van der Waals surface area (Å²) in [4.78, 5) is 10.9. The van der Waals surface area contributed by atoms with E-state index in [0.29, 0.717) is 5.75 Å². The molecule has 0 spiro atoms. The predicted octanol–water partition coefficient (Wildman–Crippen LogP) is 3.02. The zero-order valence-electron chi connectivity index (χ0n) is 10.8. The van der Waals surface area contributed by atoms with E-state index in [1.807, 2.05) is 19.1 Å². The third-order valence-corrected chi connectivity index (χ3v) is 2.96. The van der Waals surface area contributed by atoms with Gasteiger partial charge in [-0.2, -0.15) is 0 Å². The summed E-state index contributed by atoms with van der Waals surface area (Å²) >= 11 is 0. The van der Waals surface area contributed by atoms with Crippen LogP contribution in [0.2, 0.25) is 0 Å². The molecule has 0 saturated carbocycles. The summed E-state index contributed by atoms with van der Waals surface area (Å²) < 4.78 is 11.1. The van der Waals surface area contributed by atoms with Crippen molar-refractivity contribution in [3.8, 4) is 11.5 Å². The van der Waals surface area contributed by atoms with E-state index in [-0.39, 0.29) is 11.6 Å². The van der Waals surface area contributed by atoms with Gasteiger partial charge in [-0.1, -0.05) is 0 Å². The highest BCUT2D eigenvalue weighted by Crippen LogP contribution is 2.38. The van der Waals surface area contributed by atoms with Crippen molar-refractivity contribution in [1.82, 2.24) is 0 Å². The van der Waals surface area contributed by atoms with Gasteiger partial charge in [0.05, 0.1) is 0 Å². The number of carbonyl (C=O) groups excluding carboxylic acids is 1. The molecule has 1 heterocycles. The fraction of sp³-hybridized carbons (Fsp3) is 0.500. The van der Waals surface area contributed by atoms with E-state index in [4.69, 9.17) is 9.47 Å². The molecule has 0 aromatic heterocycles. The van der Waals surface area contributed by atoms with E-state index in [1.54, 1.807) is 0 Å². The molecule has 0 aliphatic carbocycles. The lowest BCUT2D eigenvalue weighted by atomic mass is 9.93. The molecule has 1 aromatic rings. The number of fused-ring (bicyclic) bond motifs is 1. The minimum absolute atomic E-state index is 0.110. The lowest BCUT2D eigenvalue weighted by Crippen LogP contribution is -2.33. The molecule has 1 aliphatic heterocycles. The van der Waals surface area contributed by atoms with Crippen LogP contribution in [-0.4, -0.2) is 11.6 Å². The molecule has 3 heteroatoms. The van der Waals surface area contributed by atoms with E-state index in [9.17, 15) is 4.79 Å². The molecule has 0 fully saturated rings. The Kier molecular flexibility index (Phi) is 2.86. The SMILES string of the molecule is CC(=O)Oc1cc(C)c2c(c1)CCC(C)(C)O2. The van der Waals surface area contributed by atoms with Gasteiger partial charge >= 0.3 is 5.97 Å².